The summed E-state index contributed by atoms with van der Waals surface area (Å²) in [5.41, 5.74) is 1.79. The maximum Gasteiger partial charge on any atom is 0.258 e. The van der Waals surface area contributed by atoms with Gasteiger partial charge in [0.25, 0.3) is 11.8 Å². The lowest BCUT2D eigenvalue weighted by Gasteiger charge is -2.32. The third-order valence-corrected chi connectivity index (χ3v) is 4.84. The lowest BCUT2D eigenvalue weighted by atomic mass is 10.0. The normalized spacial score (nSPS) is 14.4. The minimum absolute atomic E-state index is 0.0491. The zero-order valence-corrected chi connectivity index (χ0v) is 16.3. The van der Waals surface area contributed by atoms with Crippen LogP contribution in [0, 0.1) is 6.92 Å². The number of carbonyl (C=O) groups excluding carboxylic acids is 2. The number of hydrogen-bond donors (Lipinski definition) is 1. The molecule has 1 heterocycles. The van der Waals surface area contributed by atoms with Gasteiger partial charge in [0.15, 0.2) is 18.1 Å². The van der Waals surface area contributed by atoms with Crippen LogP contribution in [0.15, 0.2) is 48.5 Å². The van der Waals surface area contributed by atoms with E-state index >= 15 is 0 Å². The first-order chi connectivity index (χ1) is 13.6. The molecule has 148 valence electrons. The lowest BCUT2D eigenvalue weighted by Crippen LogP contribution is -2.47. The summed E-state index contributed by atoms with van der Waals surface area (Å²) in [7, 11) is 1.56. The highest BCUT2D eigenvalue weighted by molar-refractivity contribution is 5.94. The van der Waals surface area contributed by atoms with Crippen molar-refractivity contribution in [1.29, 1.82) is 0 Å². The maximum atomic E-state index is 12.6. The molecule has 3 rings (SSSR count). The van der Waals surface area contributed by atoms with Crippen molar-refractivity contribution in [3.63, 3.8) is 0 Å². The van der Waals surface area contributed by atoms with Crippen LogP contribution in [0.2, 0.25) is 0 Å². The van der Waals surface area contributed by atoms with Crippen molar-refractivity contribution >= 4 is 11.8 Å². The van der Waals surface area contributed by atoms with Crippen LogP contribution < -0.4 is 14.8 Å². The van der Waals surface area contributed by atoms with Gasteiger partial charge in [-0.1, -0.05) is 29.8 Å². The van der Waals surface area contributed by atoms with Gasteiger partial charge in [0.05, 0.1) is 7.11 Å². The third kappa shape index (κ3) is 5.03. The van der Waals surface area contributed by atoms with Gasteiger partial charge in [0.2, 0.25) is 0 Å². The van der Waals surface area contributed by atoms with Gasteiger partial charge >= 0.3 is 0 Å². The summed E-state index contributed by atoms with van der Waals surface area (Å²) in [6.07, 6.45) is 1.47. The molecule has 0 radical (unpaired) electrons. The molecule has 28 heavy (non-hydrogen) atoms. The first-order valence-corrected chi connectivity index (χ1v) is 9.48. The Morgan fingerprint density at radius 2 is 1.79 bits per heavy atom. The number of para-hydroxylation sites is 2. The van der Waals surface area contributed by atoms with Crippen LogP contribution in [0.25, 0.3) is 0 Å². The second-order valence-corrected chi connectivity index (χ2v) is 6.94. The van der Waals surface area contributed by atoms with Crippen molar-refractivity contribution in [3.8, 4) is 11.5 Å². The molecular weight excluding hydrogens is 356 g/mol. The number of aryl methyl sites for hydroxylation is 1. The van der Waals surface area contributed by atoms with E-state index in [1.165, 1.54) is 0 Å². The van der Waals surface area contributed by atoms with E-state index in [0.29, 0.717) is 30.2 Å². The van der Waals surface area contributed by atoms with E-state index in [4.69, 9.17) is 9.47 Å². The molecule has 0 aliphatic carbocycles. The quantitative estimate of drug-likeness (QED) is 0.834. The Balaban J connectivity index is 1.45. The van der Waals surface area contributed by atoms with Gasteiger partial charge in [-0.3, -0.25) is 9.59 Å². The van der Waals surface area contributed by atoms with E-state index < -0.39 is 0 Å². The van der Waals surface area contributed by atoms with Crippen molar-refractivity contribution in [2.75, 3.05) is 26.8 Å². The van der Waals surface area contributed by atoms with Gasteiger partial charge in [-0.05, 0) is 44.0 Å². The molecule has 0 unspecified atom stereocenters. The van der Waals surface area contributed by atoms with Gasteiger partial charge in [0.1, 0.15) is 0 Å². The van der Waals surface area contributed by atoms with Crippen molar-refractivity contribution in [2.24, 2.45) is 0 Å². The summed E-state index contributed by atoms with van der Waals surface area (Å²) in [6.45, 7) is 3.17. The predicted molar refractivity (Wildman–Crippen MR) is 107 cm³/mol. The Morgan fingerprint density at radius 3 is 2.46 bits per heavy atom. The zero-order chi connectivity index (χ0) is 19.9. The highest BCUT2D eigenvalue weighted by Crippen LogP contribution is 2.25. The van der Waals surface area contributed by atoms with Crippen molar-refractivity contribution < 1.29 is 19.1 Å². The monoisotopic (exact) mass is 382 g/mol. The molecule has 1 aliphatic rings. The third-order valence-electron chi connectivity index (χ3n) is 4.84. The standard InChI is InChI=1S/C22H26N2O4/c1-16-6-5-7-17(14-16)22(26)24-12-10-18(11-13-24)23-21(25)15-28-20-9-4-3-8-19(20)27-2/h3-9,14,18H,10-13,15H2,1-2H3,(H,23,25). The number of rotatable bonds is 6. The first kappa shape index (κ1) is 19.7. The summed E-state index contributed by atoms with van der Waals surface area (Å²) in [6, 6.07) is 14.9. The predicted octanol–water partition coefficient (Wildman–Crippen LogP) is 2.80. The molecule has 1 N–H and O–H groups in total. The Hall–Kier alpha value is -3.02. The number of likely N-dealkylation sites (tertiary alicyclic amines) is 1. The largest absolute Gasteiger partial charge is 0.493 e. The molecular formula is C22H26N2O4. The lowest BCUT2D eigenvalue weighted by molar-refractivity contribution is -0.124. The van der Waals surface area contributed by atoms with Gasteiger partial charge in [-0.2, -0.15) is 0 Å². The molecule has 0 spiro atoms. The first-order valence-electron chi connectivity index (χ1n) is 9.48. The number of amides is 2. The van der Waals surface area contributed by atoms with Gasteiger partial charge in [-0.15, -0.1) is 0 Å². The van der Waals surface area contributed by atoms with Crippen molar-refractivity contribution in [3.05, 3.63) is 59.7 Å². The smallest absolute Gasteiger partial charge is 0.258 e. The number of ether oxygens (including phenoxy) is 2. The molecule has 0 bridgehead atoms. The number of benzene rings is 2. The van der Waals surface area contributed by atoms with Crippen molar-refractivity contribution in [1.82, 2.24) is 10.2 Å². The molecule has 1 saturated heterocycles. The van der Waals surface area contributed by atoms with Crippen molar-refractivity contribution in [2.45, 2.75) is 25.8 Å². The highest BCUT2D eigenvalue weighted by Gasteiger charge is 2.24. The fourth-order valence-corrected chi connectivity index (χ4v) is 3.34. The Bertz CT molecular complexity index is 829. The Labute approximate surface area is 165 Å². The molecule has 2 aromatic carbocycles. The number of piperidine rings is 1. The second kappa shape index (κ2) is 9.26. The van der Waals surface area contributed by atoms with E-state index in [2.05, 4.69) is 5.32 Å². The van der Waals surface area contributed by atoms with Crippen LogP contribution in [0.3, 0.4) is 0 Å². The number of nitrogens with zero attached hydrogens (tertiary/aromatic N) is 1. The summed E-state index contributed by atoms with van der Waals surface area (Å²) in [4.78, 5) is 26.7. The fraction of sp³-hybridized carbons (Fsp3) is 0.364. The molecule has 6 nitrogen and oxygen atoms in total. The Morgan fingerprint density at radius 1 is 1.07 bits per heavy atom. The van der Waals surface area contributed by atoms with Crippen LogP contribution in [0.1, 0.15) is 28.8 Å². The van der Waals surface area contributed by atoms with E-state index in [1.807, 2.05) is 48.2 Å². The molecule has 0 atom stereocenters. The van der Waals surface area contributed by atoms with Gasteiger partial charge in [-0.25, -0.2) is 0 Å². The highest BCUT2D eigenvalue weighted by atomic mass is 16.5. The molecule has 0 aromatic heterocycles. The Kier molecular flexibility index (Phi) is 6.53. The van der Waals surface area contributed by atoms with E-state index in [0.717, 1.165) is 18.4 Å². The SMILES string of the molecule is COc1ccccc1OCC(=O)NC1CCN(C(=O)c2cccc(C)c2)CC1. The number of carbonyl (C=O) groups is 2. The zero-order valence-electron chi connectivity index (χ0n) is 16.3. The number of methoxy groups -OCH3 is 1. The summed E-state index contributed by atoms with van der Waals surface area (Å²) >= 11 is 0. The van der Waals surface area contributed by atoms with Crippen LogP contribution in [0.4, 0.5) is 0 Å². The number of hydrogen-bond acceptors (Lipinski definition) is 4. The average molecular weight is 382 g/mol. The van der Waals surface area contributed by atoms with Crippen LogP contribution >= 0.6 is 0 Å². The molecule has 1 fully saturated rings. The van der Waals surface area contributed by atoms with Gasteiger partial charge in [0, 0.05) is 24.7 Å². The summed E-state index contributed by atoms with van der Waals surface area (Å²) < 4.78 is 10.8. The molecule has 0 saturated carbocycles. The number of nitrogens with one attached hydrogen (secondary N) is 1. The topological polar surface area (TPSA) is 67.9 Å². The second-order valence-electron chi connectivity index (χ2n) is 6.94. The van der Waals surface area contributed by atoms with Crippen LogP contribution in [0.5, 0.6) is 11.5 Å². The van der Waals surface area contributed by atoms with Gasteiger partial charge < -0.3 is 19.7 Å². The summed E-state index contributed by atoms with van der Waals surface area (Å²) in [5.74, 6) is 1.01. The van der Waals surface area contributed by atoms with E-state index in [9.17, 15) is 9.59 Å². The van der Waals surface area contributed by atoms with E-state index in [-0.39, 0.29) is 24.5 Å². The molecule has 6 heteroatoms. The molecule has 2 aromatic rings. The minimum atomic E-state index is -0.172. The molecule has 2 amide bonds. The fourth-order valence-electron chi connectivity index (χ4n) is 3.34. The summed E-state index contributed by atoms with van der Waals surface area (Å²) in [5, 5.41) is 2.99. The minimum Gasteiger partial charge on any atom is -0.493 e. The van der Waals surface area contributed by atoms with Crippen LogP contribution in [-0.2, 0) is 4.79 Å². The molecule has 1 aliphatic heterocycles. The van der Waals surface area contributed by atoms with Crippen LogP contribution in [-0.4, -0.2) is 49.6 Å². The average Bonchev–Trinajstić information content (AvgIpc) is 2.72. The maximum absolute atomic E-state index is 12.6. The van der Waals surface area contributed by atoms with E-state index in [1.54, 1.807) is 19.2 Å².